The number of ether oxygens (including phenoxy) is 1. The molecule has 6 rings (SSSR count). The van der Waals surface area contributed by atoms with Gasteiger partial charge in [0.2, 0.25) is 10.0 Å². The molecule has 12 heteroatoms. The lowest BCUT2D eigenvalue weighted by Gasteiger charge is -2.27. The highest BCUT2D eigenvalue weighted by Crippen LogP contribution is 2.37. The molecule has 0 radical (unpaired) electrons. The Hall–Kier alpha value is -4.32. The van der Waals surface area contributed by atoms with E-state index in [1.807, 2.05) is 43.3 Å². The van der Waals surface area contributed by atoms with Crippen molar-refractivity contribution in [2.75, 3.05) is 32.1 Å². The Morgan fingerprint density at radius 2 is 1.78 bits per heavy atom. The number of halogens is 2. The molecule has 3 aromatic carbocycles. The van der Waals surface area contributed by atoms with Crippen molar-refractivity contribution in [3.8, 4) is 0 Å². The van der Waals surface area contributed by atoms with Crippen LogP contribution >= 0.6 is 11.6 Å². The largest absolute Gasteiger partial charge is 0.462 e. The van der Waals surface area contributed by atoms with Gasteiger partial charge in [-0.15, -0.1) is 0 Å². The Labute approximate surface area is 291 Å². The molecule has 49 heavy (non-hydrogen) atoms. The molecule has 9 nitrogen and oxygen atoms in total. The summed E-state index contributed by atoms with van der Waals surface area (Å²) in [7, 11) is 0.145. The Bertz CT molecular complexity index is 2040. The molecular weight excluding hydrogens is 665 g/mol. The highest BCUT2D eigenvalue weighted by molar-refractivity contribution is 7.89. The third-order valence-corrected chi connectivity index (χ3v) is 11.1. The lowest BCUT2D eigenvalue weighted by Crippen LogP contribution is -2.33. The number of rotatable bonds is 11. The number of esters is 1. The number of benzene rings is 3. The van der Waals surface area contributed by atoms with E-state index in [0.29, 0.717) is 46.9 Å². The van der Waals surface area contributed by atoms with E-state index in [-0.39, 0.29) is 22.4 Å². The molecule has 0 bridgehead atoms. The fourth-order valence-electron chi connectivity index (χ4n) is 6.76. The minimum atomic E-state index is -3.73. The van der Waals surface area contributed by atoms with Gasteiger partial charge in [0.25, 0.3) is 0 Å². The fourth-order valence-corrected chi connectivity index (χ4v) is 8.37. The Morgan fingerprint density at radius 3 is 2.53 bits per heavy atom. The normalized spacial score (nSPS) is 19.4. The van der Waals surface area contributed by atoms with Crippen LogP contribution in [0.3, 0.4) is 0 Å². The third-order valence-electron chi connectivity index (χ3n) is 9.27. The molecule has 2 N–H and O–H groups in total. The zero-order valence-electron chi connectivity index (χ0n) is 27.6. The maximum atomic E-state index is 13.9. The number of pyridine rings is 1. The van der Waals surface area contributed by atoms with Crippen LogP contribution in [0.4, 0.5) is 10.1 Å². The first-order chi connectivity index (χ1) is 23.5. The predicted molar refractivity (Wildman–Crippen MR) is 191 cm³/mol. The molecule has 3 unspecified atom stereocenters. The van der Waals surface area contributed by atoms with Gasteiger partial charge < -0.3 is 15.0 Å². The Morgan fingerprint density at radius 1 is 1.04 bits per heavy atom. The maximum Gasteiger partial charge on any atom is 0.338 e. The highest BCUT2D eigenvalue weighted by atomic mass is 35.5. The molecule has 1 aliphatic carbocycles. The number of hydrogen-bond donors (Lipinski definition) is 2. The summed E-state index contributed by atoms with van der Waals surface area (Å²) in [4.78, 5) is 24.7. The van der Waals surface area contributed by atoms with Crippen LogP contribution < -0.4 is 14.9 Å². The zero-order valence-corrected chi connectivity index (χ0v) is 29.2. The van der Waals surface area contributed by atoms with Gasteiger partial charge in [-0.2, -0.15) is 0 Å². The summed E-state index contributed by atoms with van der Waals surface area (Å²) in [5.41, 5.74) is 3.09. The van der Waals surface area contributed by atoms with E-state index in [1.54, 1.807) is 43.6 Å². The van der Waals surface area contributed by atoms with Gasteiger partial charge in [0.05, 0.1) is 17.1 Å². The van der Waals surface area contributed by atoms with Crippen molar-refractivity contribution in [1.82, 2.24) is 15.0 Å². The number of fused-ring (bicyclic) bond motifs is 1. The van der Waals surface area contributed by atoms with Gasteiger partial charge >= 0.3 is 5.97 Å². The second kappa shape index (κ2) is 14.7. The molecule has 1 fully saturated rings. The zero-order chi connectivity index (χ0) is 34.7. The van der Waals surface area contributed by atoms with Gasteiger partial charge in [-0.1, -0.05) is 41.9 Å². The van der Waals surface area contributed by atoms with E-state index in [4.69, 9.17) is 21.3 Å². The monoisotopic (exact) mass is 703 g/mol. The van der Waals surface area contributed by atoms with E-state index >= 15 is 0 Å². The molecule has 0 amide bonds. The molecule has 0 spiro atoms. The van der Waals surface area contributed by atoms with Crippen molar-refractivity contribution in [3.05, 3.63) is 112 Å². The fraction of sp³-hybridized carbons (Fsp3) is 0.324. The van der Waals surface area contributed by atoms with E-state index in [2.05, 4.69) is 15.0 Å². The van der Waals surface area contributed by atoms with Gasteiger partial charge in [-0.05, 0) is 80.8 Å². The topological polar surface area (TPSA) is 113 Å². The number of aliphatic imine (C=N–C) groups is 1. The number of nitrogens with one attached hydrogen (secondary N) is 2. The Balaban J connectivity index is 1.07. The molecule has 2 heterocycles. The number of amidine groups is 1. The summed E-state index contributed by atoms with van der Waals surface area (Å²) < 4.78 is 49.4. The average Bonchev–Trinajstić information content (AvgIpc) is 3.54. The molecule has 3 atom stereocenters. The van der Waals surface area contributed by atoms with Crippen LogP contribution in [0.1, 0.15) is 49.8 Å². The van der Waals surface area contributed by atoms with E-state index in [1.165, 1.54) is 18.2 Å². The van der Waals surface area contributed by atoms with Crippen molar-refractivity contribution in [1.29, 1.82) is 0 Å². The van der Waals surface area contributed by atoms with Crippen LogP contribution in [0, 0.1) is 17.7 Å². The SMILES string of the molecule is CC1=C(C(=O)OCCC2CCC(CNS(=O)(=O)c3cccc4c(N(C)C)cccc34)C2)C(c2ccc(F)cc2Cl)N=C(c2ccncc2)N1. The first kappa shape index (κ1) is 34.5. The molecule has 1 aliphatic heterocycles. The summed E-state index contributed by atoms with van der Waals surface area (Å²) in [5.74, 6) is -0.00131. The van der Waals surface area contributed by atoms with E-state index in [9.17, 15) is 17.6 Å². The third kappa shape index (κ3) is 7.64. The second-order valence-electron chi connectivity index (χ2n) is 12.8. The van der Waals surface area contributed by atoms with Crippen LogP contribution in [0.15, 0.2) is 100 Å². The molecule has 2 aliphatic rings. The maximum absolute atomic E-state index is 13.9. The highest BCUT2D eigenvalue weighted by Gasteiger charge is 2.33. The van der Waals surface area contributed by atoms with Gasteiger partial charge in [0, 0.05) is 71.3 Å². The first-order valence-corrected chi connectivity index (χ1v) is 18.1. The molecule has 1 saturated carbocycles. The summed E-state index contributed by atoms with van der Waals surface area (Å²) in [6.07, 6.45) is 6.58. The molecule has 0 saturated heterocycles. The van der Waals surface area contributed by atoms with Gasteiger partial charge in [-0.25, -0.2) is 22.3 Å². The predicted octanol–water partition coefficient (Wildman–Crippen LogP) is 6.79. The van der Waals surface area contributed by atoms with Gasteiger partial charge in [0.15, 0.2) is 0 Å². The minimum Gasteiger partial charge on any atom is -0.462 e. The summed E-state index contributed by atoms with van der Waals surface area (Å²) in [6.45, 7) is 2.32. The van der Waals surface area contributed by atoms with Crippen molar-refractivity contribution < 1.29 is 22.3 Å². The smallest absolute Gasteiger partial charge is 0.338 e. The summed E-state index contributed by atoms with van der Waals surface area (Å²) in [5, 5.41) is 4.95. The van der Waals surface area contributed by atoms with Crippen LogP contribution in [0.25, 0.3) is 10.8 Å². The lowest BCUT2D eigenvalue weighted by molar-refractivity contribution is -0.139. The van der Waals surface area contributed by atoms with Crippen molar-refractivity contribution in [2.45, 2.75) is 43.5 Å². The lowest BCUT2D eigenvalue weighted by atomic mass is 9.95. The van der Waals surface area contributed by atoms with Crippen LogP contribution in [0.5, 0.6) is 0 Å². The molecule has 1 aromatic heterocycles. The number of aromatic nitrogens is 1. The molecular formula is C37H39ClFN5O4S. The molecule has 256 valence electrons. The summed E-state index contributed by atoms with van der Waals surface area (Å²) >= 11 is 6.45. The number of carbonyl (C=O) groups excluding carboxylic acids is 1. The quantitative estimate of drug-likeness (QED) is 0.166. The van der Waals surface area contributed by atoms with Crippen molar-refractivity contribution in [2.24, 2.45) is 16.8 Å². The van der Waals surface area contributed by atoms with Gasteiger partial charge in [0.1, 0.15) is 17.7 Å². The number of hydrogen-bond acceptors (Lipinski definition) is 8. The summed E-state index contributed by atoms with van der Waals surface area (Å²) in [6, 6.07) is 17.9. The number of allylic oxidation sites excluding steroid dienone is 1. The van der Waals surface area contributed by atoms with Crippen molar-refractivity contribution in [3.63, 3.8) is 0 Å². The number of carbonyl (C=O) groups is 1. The van der Waals surface area contributed by atoms with Crippen LogP contribution in [-0.2, 0) is 19.6 Å². The van der Waals surface area contributed by atoms with E-state index < -0.39 is 27.9 Å². The second-order valence-corrected chi connectivity index (χ2v) is 14.9. The number of anilines is 1. The standard InChI is InChI=1S/C37H39ClFN5O4S/c1-23-34(35(30-13-12-27(39)21-31(30)38)43-36(42-23)26-14-17-40-18-15-26)37(45)48-19-16-24-10-11-25(20-24)22-41-49(46,47)33-9-5-6-28-29(33)7-4-8-32(28)44(2)3/h4-9,12-15,17-18,21,24-25,35,41H,10-11,16,19-20,22H2,1-3H3,(H,42,43). The average molecular weight is 704 g/mol. The first-order valence-electron chi connectivity index (χ1n) is 16.3. The van der Waals surface area contributed by atoms with Crippen LogP contribution in [0.2, 0.25) is 5.02 Å². The van der Waals surface area contributed by atoms with E-state index in [0.717, 1.165) is 35.9 Å². The van der Waals surface area contributed by atoms with Crippen LogP contribution in [-0.4, -0.2) is 52.5 Å². The molecule has 4 aromatic rings. The minimum absolute atomic E-state index is 0.161. The van der Waals surface area contributed by atoms with Crippen molar-refractivity contribution >= 4 is 49.9 Å². The van der Waals surface area contributed by atoms with Gasteiger partial charge in [-0.3, -0.25) is 9.98 Å². The number of sulfonamides is 1. The number of nitrogens with zero attached hydrogens (tertiary/aromatic N) is 3. The Kier molecular flexibility index (Phi) is 10.3.